The van der Waals surface area contributed by atoms with Crippen LogP contribution in [0, 0.1) is 0 Å². The van der Waals surface area contributed by atoms with E-state index in [0.717, 1.165) is 13.0 Å². The first-order valence-electron chi connectivity index (χ1n) is 7.52. The zero-order valence-corrected chi connectivity index (χ0v) is 12.1. The lowest BCUT2D eigenvalue weighted by molar-refractivity contribution is 0.0637. The molecule has 0 unspecified atom stereocenters. The predicted molar refractivity (Wildman–Crippen MR) is 82.7 cm³/mol. The van der Waals surface area contributed by atoms with E-state index in [-0.39, 0.29) is 17.9 Å². The highest BCUT2D eigenvalue weighted by Gasteiger charge is 2.37. The monoisotopic (exact) mass is 292 g/mol. The fourth-order valence-electron chi connectivity index (χ4n) is 3.34. The van der Waals surface area contributed by atoms with Crippen molar-refractivity contribution in [1.82, 2.24) is 10.2 Å². The van der Waals surface area contributed by atoms with Gasteiger partial charge in [-0.15, -0.1) is 0 Å². The minimum Gasteiger partial charge on any atom is -0.308 e. The van der Waals surface area contributed by atoms with Crippen molar-refractivity contribution in [3.8, 4) is 0 Å². The van der Waals surface area contributed by atoms with Gasteiger partial charge >= 0.3 is 0 Å². The number of nitrogens with one attached hydrogen (secondary N) is 1. The molecule has 4 rings (SSSR count). The number of carbonyl (C=O) groups is 2. The number of hydrogen-bond donors (Lipinski definition) is 1. The van der Waals surface area contributed by atoms with Gasteiger partial charge < -0.3 is 5.32 Å². The number of fused-ring (bicyclic) bond motifs is 2. The van der Waals surface area contributed by atoms with E-state index >= 15 is 0 Å². The second kappa shape index (κ2) is 5.07. The van der Waals surface area contributed by atoms with E-state index in [9.17, 15) is 9.59 Å². The summed E-state index contributed by atoms with van der Waals surface area (Å²) in [5.74, 6) is -0.379. The molecule has 2 aromatic carbocycles. The van der Waals surface area contributed by atoms with Crippen LogP contribution in [0.25, 0.3) is 0 Å². The summed E-state index contributed by atoms with van der Waals surface area (Å²) in [7, 11) is 0. The van der Waals surface area contributed by atoms with Crippen LogP contribution >= 0.6 is 0 Å². The topological polar surface area (TPSA) is 49.4 Å². The molecule has 1 N–H and O–H groups in total. The lowest BCUT2D eigenvalue weighted by atomic mass is 9.94. The summed E-state index contributed by atoms with van der Waals surface area (Å²) < 4.78 is 0. The molecule has 4 nitrogen and oxygen atoms in total. The molecule has 2 amide bonds. The van der Waals surface area contributed by atoms with E-state index in [1.165, 1.54) is 16.0 Å². The van der Waals surface area contributed by atoms with Gasteiger partial charge in [0.15, 0.2) is 0 Å². The maximum Gasteiger partial charge on any atom is 0.261 e. The Kier molecular flexibility index (Phi) is 3.05. The Balaban J connectivity index is 1.64. The molecule has 110 valence electrons. The summed E-state index contributed by atoms with van der Waals surface area (Å²) in [5.41, 5.74) is 3.50. The third kappa shape index (κ3) is 1.96. The standard InChI is InChI=1S/C18H16N2O2/c21-17-14-7-3-4-8-15(14)18(22)20(17)11-16-13-6-2-1-5-12(13)9-10-19-16/h1-8,16,19H,9-11H2/t16-/m1/s1. The lowest BCUT2D eigenvalue weighted by Gasteiger charge is -2.29. The Morgan fingerprint density at radius 2 is 1.59 bits per heavy atom. The molecule has 22 heavy (non-hydrogen) atoms. The fourth-order valence-corrected chi connectivity index (χ4v) is 3.34. The highest BCUT2D eigenvalue weighted by atomic mass is 16.2. The van der Waals surface area contributed by atoms with Crippen LogP contribution in [-0.4, -0.2) is 29.8 Å². The minimum absolute atomic E-state index is 0.00663. The quantitative estimate of drug-likeness (QED) is 0.863. The number of benzene rings is 2. The highest BCUT2D eigenvalue weighted by Crippen LogP contribution is 2.28. The number of rotatable bonds is 2. The molecule has 4 heteroatoms. The van der Waals surface area contributed by atoms with E-state index < -0.39 is 0 Å². The number of amides is 2. The summed E-state index contributed by atoms with van der Waals surface area (Å²) in [6, 6.07) is 15.3. The van der Waals surface area contributed by atoms with Gasteiger partial charge in [0, 0.05) is 6.54 Å². The molecule has 0 saturated carbocycles. The molecular formula is C18H16N2O2. The van der Waals surface area contributed by atoms with Gasteiger partial charge in [0.05, 0.1) is 17.2 Å². The highest BCUT2D eigenvalue weighted by molar-refractivity contribution is 6.21. The van der Waals surface area contributed by atoms with Crippen molar-refractivity contribution < 1.29 is 9.59 Å². The van der Waals surface area contributed by atoms with Crippen molar-refractivity contribution >= 4 is 11.8 Å². The molecule has 2 aliphatic rings. The molecule has 0 aliphatic carbocycles. The van der Waals surface area contributed by atoms with Crippen LogP contribution < -0.4 is 5.32 Å². The van der Waals surface area contributed by atoms with Crippen LogP contribution in [0.2, 0.25) is 0 Å². The van der Waals surface area contributed by atoms with Gasteiger partial charge in [-0.25, -0.2) is 0 Å². The molecule has 0 bridgehead atoms. The Bertz CT molecular complexity index is 734. The summed E-state index contributed by atoms with van der Waals surface area (Å²) in [4.78, 5) is 26.3. The minimum atomic E-state index is -0.189. The molecule has 0 saturated heterocycles. The maximum atomic E-state index is 12.5. The first-order valence-corrected chi connectivity index (χ1v) is 7.52. The summed E-state index contributed by atoms with van der Waals surface area (Å²) in [6.45, 7) is 1.24. The second-order valence-corrected chi connectivity index (χ2v) is 5.72. The average molecular weight is 292 g/mol. The normalized spacial score (nSPS) is 20.0. The molecule has 0 radical (unpaired) electrons. The van der Waals surface area contributed by atoms with Crippen molar-refractivity contribution in [2.24, 2.45) is 0 Å². The summed E-state index contributed by atoms with van der Waals surface area (Å²) in [6.07, 6.45) is 0.981. The molecule has 2 aliphatic heterocycles. The van der Waals surface area contributed by atoms with Gasteiger partial charge in [0.1, 0.15) is 0 Å². The van der Waals surface area contributed by atoms with E-state index in [1.807, 2.05) is 12.1 Å². The second-order valence-electron chi connectivity index (χ2n) is 5.72. The smallest absolute Gasteiger partial charge is 0.261 e. The van der Waals surface area contributed by atoms with Crippen LogP contribution in [0.15, 0.2) is 48.5 Å². The van der Waals surface area contributed by atoms with Gasteiger partial charge in [-0.1, -0.05) is 36.4 Å². The van der Waals surface area contributed by atoms with Gasteiger partial charge in [0.25, 0.3) is 11.8 Å². The zero-order chi connectivity index (χ0) is 15.1. The number of carbonyl (C=O) groups excluding carboxylic acids is 2. The van der Waals surface area contributed by atoms with Crippen LogP contribution in [-0.2, 0) is 6.42 Å². The third-order valence-electron chi connectivity index (χ3n) is 4.46. The van der Waals surface area contributed by atoms with Crippen molar-refractivity contribution in [3.05, 3.63) is 70.8 Å². The number of imide groups is 1. The largest absolute Gasteiger partial charge is 0.308 e. The molecule has 0 fully saturated rings. The molecular weight excluding hydrogens is 276 g/mol. The molecule has 2 heterocycles. The Morgan fingerprint density at radius 1 is 0.955 bits per heavy atom. The summed E-state index contributed by atoms with van der Waals surface area (Å²) in [5, 5.41) is 3.42. The van der Waals surface area contributed by atoms with E-state index in [0.29, 0.717) is 17.7 Å². The molecule has 0 aromatic heterocycles. The molecule has 0 spiro atoms. The van der Waals surface area contributed by atoms with Crippen molar-refractivity contribution in [2.45, 2.75) is 12.5 Å². The van der Waals surface area contributed by atoms with Crippen molar-refractivity contribution in [1.29, 1.82) is 0 Å². The lowest BCUT2D eigenvalue weighted by Crippen LogP contribution is -2.41. The van der Waals surface area contributed by atoms with Gasteiger partial charge in [0.2, 0.25) is 0 Å². The first kappa shape index (κ1) is 13.2. The Hall–Kier alpha value is -2.46. The van der Waals surface area contributed by atoms with Crippen molar-refractivity contribution in [2.75, 3.05) is 13.1 Å². The number of nitrogens with zero attached hydrogens (tertiary/aromatic N) is 1. The Labute approximate surface area is 128 Å². The maximum absolute atomic E-state index is 12.5. The third-order valence-corrected chi connectivity index (χ3v) is 4.46. The van der Waals surface area contributed by atoms with Crippen molar-refractivity contribution in [3.63, 3.8) is 0 Å². The van der Waals surface area contributed by atoms with Crippen LogP contribution in [0.3, 0.4) is 0 Å². The number of hydrogen-bond acceptors (Lipinski definition) is 3. The zero-order valence-electron chi connectivity index (χ0n) is 12.1. The predicted octanol–water partition coefficient (Wildman–Crippen LogP) is 2.17. The fraction of sp³-hybridized carbons (Fsp3) is 0.222. The molecule has 1 atom stereocenters. The Morgan fingerprint density at radius 3 is 2.32 bits per heavy atom. The summed E-state index contributed by atoms with van der Waals surface area (Å²) >= 11 is 0. The van der Waals surface area contributed by atoms with Crippen LogP contribution in [0.5, 0.6) is 0 Å². The van der Waals surface area contributed by atoms with Gasteiger partial charge in [-0.2, -0.15) is 0 Å². The SMILES string of the molecule is O=C1c2ccccc2C(=O)N1C[C@H]1NCCc2ccccc21. The van der Waals surface area contributed by atoms with Gasteiger partial charge in [-0.05, 0) is 36.2 Å². The molecule has 2 aromatic rings. The van der Waals surface area contributed by atoms with Crippen LogP contribution in [0.4, 0.5) is 0 Å². The van der Waals surface area contributed by atoms with E-state index in [1.54, 1.807) is 24.3 Å². The van der Waals surface area contributed by atoms with E-state index in [4.69, 9.17) is 0 Å². The van der Waals surface area contributed by atoms with Gasteiger partial charge in [-0.3, -0.25) is 14.5 Å². The first-order chi connectivity index (χ1) is 10.8. The average Bonchev–Trinajstić information content (AvgIpc) is 2.81. The van der Waals surface area contributed by atoms with E-state index in [2.05, 4.69) is 17.4 Å². The van der Waals surface area contributed by atoms with Crippen LogP contribution in [0.1, 0.15) is 37.9 Å².